The van der Waals surface area contributed by atoms with Gasteiger partial charge in [-0.15, -0.1) is 0 Å². The predicted molar refractivity (Wildman–Crippen MR) is 82.6 cm³/mol. The minimum Gasteiger partial charge on any atom is -0.378 e. The molecule has 1 saturated heterocycles. The molecule has 1 heterocycles. The van der Waals surface area contributed by atoms with Gasteiger partial charge in [-0.2, -0.15) is 0 Å². The number of benzene rings is 1. The van der Waals surface area contributed by atoms with E-state index < -0.39 is 0 Å². The van der Waals surface area contributed by atoms with E-state index in [9.17, 15) is 4.79 Å². The summed E-state index contributed by atoms with van der Waals surface area (Å²) in [6.45, 7) is 5.17. The maximum Gasteiger partial charge on any atom is 0.224 e. The van der Waals surface area contributed by atoms with Crippen molar-refractivity contribution in [3.8, 4) is 0 Å². The third-order valence-corrected chi connectivity index (χ3v) is 3.58. The van der Waals surface area contributed by atoms with Crippen LogP contribution >= 0.6 is 11.6 Å². The van der Waals surface area contributed by atoms with E-state index in [1.54, 1.807) is 0 Å². The van der Waals surface area contributed by atoms with Crippen LogP contribution in [0.4, 0.5) is 11.4 Å². The van der Waals surface area contributed by atoms with Crippen LogP contribution in [0.3, 0.4) is 0 Å². The molecule has 110 valence electrons. The quantitative estimate of drug-likeness (QED) is 0.906. The second-order valence-electron chi connectivity index (χ2n) is 4.91. The van der Waals surface area contributed by atoms with Gasteiger partial charge in [-0.05, 0) is 24.6 Å². The lowest BCUT2D eigenvalue weighted by Crippen LogP contribution is -2.36. The summed E-state index contributed by atoms with van der Waals surface area (Å²) in [5.41, 5.74) is 1.81. The van der Waals surface area contributed by atoms with E-state index in [2.05, 4.69) is 17.1 Å². The molecule has 0 radical (unpaired) electrons. The van der Waals surface area contributed by atoms with Crippen molar-refractivity contribution in [3.63, 3.8) is 0 Å². The van der Waals surface area contributed by atoms with Gasteiger partial charge in [-0.25, -0.2) is 0 Å². The van der Waals surface area contributed by atoms with E-state index in [0.29, 0.717) is 24.7 Å². The Hall–Kier alpha value is -1.26. The Kier molecular flexibility index (Phi) is 5.68. The molecular weight excluding hydrogens is 276 g/mol. The standard InChI is InChI=1S/C15H21ClN2O2/c1-2-3-4-15(19)17-13-11-12(16)5-6-14(13)18-7-9-20-10-8-18/h5-6,11H,2-4,7-10H2,1H3,(H,17,19). The molecule has 1 fully saturated rings. The number of unbranched alkanes of at least 4 members (excludes halogenated alkanes) is 1. The van der Waals surface area contributed by atoms with E-state index >= 15 is 0 Å². The van der Waals surface area contributed by atoms with Crippen molar-refractivity contribution < 1.29 is 9.53 Å². The first-order valence-corrected chi connectivity index (χ1v) is 7.50. The van der Waals surface area contributed by atoms with Crippen LogP contribution in [-0.2, 0) is 9.53 Å². The number of ether oxygens (including phenoxy) is 1. The van der Waals surface area contributed by atoms with Crippen molar-refractivity contribution in [2.75, 3.05) is 36.5 Å². The van der Waals surface area contributed by atoms with Crippen LogP contribution in [0.15, 0.2) is 18.2 Å². The minimum atomic E-state index is 0.0450. The maximum absolute atomic E-state index is 11.9. The zero-order valence-electron chi connectivity index (χ0n) is 11.8. The zero-order valence-corrected chi connectivity index (χ0v) is 12.6. The summed E-state index contributed by atoms with van der Waals surface area (Å²) in [7, 11) is 0. The molecule has 1 aromatic carbocycles. The first kappa shape index (κ1) is 15.1. The molecule has 0 aromatic heterocycles. The number of hydrogen-bond donors (Lipinski definition) is 1. The molecule has 4 nitrogen and oxygen atoms in total. The van der Waals surface area contributed by atoms with Gasteiger partial charge in [0.05, 0.1) is 24.6 Å². The first-order valence-electron chi connectivity index (χ1n) is 7.13. The average Bonchev–Trinajstić information content (AvgIpc) is 2.46. The van der Waals surface area contributed by atoms with Gasteiger partial charge in [-0.1, -0.05) is 24.9 Å². The number of amides is 1. The zero-order chi connectivity index (χ0) is 14.4. The fraction of sp³-hybridized carbons (Fsp3) is 0.533. The van der Waals surface area contributed by atoms with Crippen LogP contribution < -0.4 is 10.2 Å². The second-order valence-corrected chi connectivity index (χ2v) is 5.35. The van der Waals surface area contributed by atoms with Gasteiger partial charge < -0.3 is 15.0 Å². The highest BCUT2D eigenvalue weighted by Crippen LogP contribution is 2.30. The van der Waals surface area contributed by atoms with Crippen molar-refractivity contribution in [1.29, 1.82) is 0 Å². The van der Waals surface area contributed by atoms with Crippen LogP contribution in [0.2, 0.25) is 5.02 Å². The van der Waals surface area contributed by atoms with E-state index in [0.717, 1.165) is 37.3 Å². The Bertz CT molecular complexity index is 459. The molecule has 1 aromatic rings. The van der Waals surface area contributed by atoms with Crippen molar-refractivity contribution in [3.05, 3.63) is 23.2 Å². The summed E-state index contributed by atoms with van der Waals surface area (Å²) in [4.78, 5) is 14.1. The lowest BCUT2D eigenvalue weighted by Gasteiger charge is -2.30. The smallest absolute Gasteiger partial charge is 0.224 e. The number of nitrogens with zero attached hydrogens (tertiary/aromatic N) is 1. The monoisotopic (exact) mass is 296 g/mol. The molecule has 1 N–H and O–H groups in total. The van der Waals surface area contributed by atoms with Gasteiger partial charge in [0, 0.05) is 24.5 Å². The van der Waals surface area contributed by atoms with Gasteiger partial charge >= 0.3 is 0 Å². The number of carbonyl (C=O) groups is 1. The summed E-state index contributed by atoms with van der Waals surface area (Å²) in [5.74, 6) is 0.0450. The number of halogens is 1. The number of nitrogens with one attached hydrogen (secondary N) is 1. The van der Waals surface area contributed by atoms with Crippen molar-refractivity contribution in [2.45, 2.75) is 26.2 Å². The molecule has 1 amide bonds. The van der Waals surface area contributed by atoms with Crippen LogP contribution in [0.1, 0.15) is 26.2 Å². The highest BCUT2D eigenvalue weighted by Gasteiger charge is 2.16. The third kappa shape index (κ3) is 4.12. The Morgan fingerprint density at radius 1 is 1.40 bits per heavy atom. The highest BCUT2D eigenvalue weighted by atomic mass is 35.5. The Morgan fingerprint density at radius 3 is 2.85 bits per heavy atom. The molecule has 2 rings (SSSR count). The third-order valence-electron chi connectivity index (χ3n) is 3.34. The number of anilines is 2. The Balaban J connectivity index is 2.12. The number of morpholine rings is 1. The summed E-state index contributed by atoms with van der Waals surface area (Å²) in [5, 5.41) is 3.61. The largest absolute Gasteiger partial charge is 0.378 e. The van der Waals surface area contributed by atoms with Gasteiger partial charge in [0.25, 0.3) is 0 Å². The molecule has 0 bridgehead atoms. The lowest BCUT2D eigenvalue weighted by atomic mass is 10.2. The van der Waals surface area contributed by atoms with Gasteiger partial charge in [0.2, 0.25) is 5.91 Å². The molecule has 0 spiro atoms. The molecule has 1 aliphatic rings. The highest BCUT2D eigenvalue weighted by molar-refractivity contribution is 6.31. The molecule has 20 heavy (non-hydrogen) atoms. The first-order chi connectivity index (χ1) is 9.70. The normalized spacial score (nSPS) is 15.2. The predicted octanol–water partition coefficient (Wildman–Crippen LogP) is 3.31. The number of rotatable bonds is 5. The van der Waals surface area contributed by atoms with Crippen LogP contribution in [0.5, 0.6) is 0 Å². The summed E-state index contributed by atoms with van der Waals surface area (Å²) < 4.78 is 5.36. The molecule has 0 atom stereocenters. The Morgan fingerprint density at radius 2 is 2.15 bits per heavy atom. The topological polar surface area (TPSA) is 41.6 Å². The lowest BCUT2D eigenvalue weighted by molar-refractivity contribution is -0.116. The van der Waals surface area contributed by atoms with Gasteiger partial charge in [-0.3, -0.25) is 4.79 Å². The summed E-state index contributed by atoms with van der Waals surface area (Å²) in [6, 6.07) is 5.63. The van der Waals surface area contributed by atoms with Crippen molar-refractivity contribution in [2.24, 2.45) is 0 Å². The molecule has 0 saturated carbocycles. The molecule has 0 unspecified atom stereocenters. The molecule has 5 heteroatoms. The molecular formula is C15H21ClN2O2. The number of carbonyl (C=O) groups excluding carboxylic acids is 1. The van der Waals surface area contributed by atoms with Crippen LogP contribution in [0, 0.1) is 0 Å². The van der Waals surface area contributed by atoms with E-state index in [4.69, 9.17) is 16.3 Å². The Labute approximate surface area is 125 Å². The maximum atomic E-state index is 11.9. The minimum absolute atomic E-state index is 0.0450. The second kappa shape index (κ2) is 7.50. The molecule has 1 aliphatic heterocycles. The van der Waals surface area contributed by atoms with Crippen molar-refractivity contribution >= 4 is 28.9 Å². The van der Waals surface area contributed by atoms with E-state index in [1.165, 1.54) is 0 Å². The van der Waals surface area contributed by atoms with Crippen molar-refractivity contribution in [1.82, 2.24) is 0 Å². The average molecular weight is 297 g/mol. The molecule has 0 aliphatic carbocycles. The van der Waals surface area contributed by atoms with E-state index in [1.807, 2.05) is 18.2 Å². The fourth-order valence-electron chi connectivity index (χ4n) is 2.24. The van der Waals surface area contributed by atoms with Gasteiger partial charge in [0.15, 0.2) is 0 Å². The fourth-order valence-corrected chi connectivity index (χ4v) is 2.41. The summed E-state index contributed by atoms with van der Waals surface area (Å²) in [6.07, 6.45) is 2.46. The van der Waals surface area contributed by atoms with Gasteiger partial charge in [0.1, 0.15) is 0 Å². The summed E-state index contributed by atoms with van der Waals surface area (Å²) >= 11 is 6.05. The van der Waals surface area contributed by atoms with Crippen LogP contribution in [-0.4, -0.2) is 32.2 Å². The van der Waals surface area contributed by atoms with Crippen LogP contribution in [0.25, 0.3) is 0 Å². The number of hydrogen-bond acceptors (Lipinski definition) is 3. The SMILES string of the molecule is CCCCC(=O)Nc1cc(Cl)ccc1N1CCOCC1. The van der Waals surface area contributed by atoms with E-state index in [-0.39, 0.29) is 5.91 Å².